The van der Waals surface area contributed by atoms with Crippen LogP contribution in [-0.4, -0.2) is 43.4 Å². The molecule has 1 fully saturated rings. The summed E-state index contributed by atoms with van der Waals surface area (Å²) in [5, 5.41) is 15.6. The smallest absolute Gasteiger partial charge is 0.387 e. The number of aliphatic hydroxyl groups excluding tert-OH is 1. The zero-order valence-corrected chi connectivity index (χ0v) is 14.1. The van der Waals surface area contributed by atoms with Crippen molar-refractivity contribution in [3.05, 3.63) is 41.3 Å². The van der Waals surface area contributed by atoms with Crippen LogP contribution in [0.4, 0.5) is 8.78 Å². The average molecular weight is 368 g/mol. The maximum absolute atomic E-state index is 12.2. The fourth-order valence-electron chi connectivity index (χ4n) is 2.65. The van der Waals surface area contributed by atoms with Crippen molar-refractivity contribution in [2.75, 3.05) is 19.6 Å². The normalized spacial score (nSPS) is 20.0. The maximum Gasteiger partial charge on any atom is 0.387 e. The molecule has 0 bridgehead atoms. The number of hydrogen-bond donors (Lipinski definition) is 3. The number of benzene rings is 1. The van der Waals surface area contributed by atoms with Crippen molar-refractivity contribution in [2.24, 2.45) is 5.92 Å². The van der Waals surface area contributed by atoms with Gasteiger partial charge in [-0.2, -0.15) is 8.78 Å². The fraction of sp³-hybridized carbons (Fsp3) is 0.353. The maximum atomic E-state index is 12.2. The van der Waals surface area contributed by atoms with Crippen LogP contribution in [0.5, 0.6) is 5.75 Å². The summed E-state index contributed by atoms with van der Waals surface area (Å²) in [4.78, 5) is 13.6. The molecule has 3 rings (SSSR count). The van der Waals surface area contributed by atoms with Gasteiger partial charge in [-0.3, -0.25) is 4.79 Å². The van der Waals surface area contributed by atoms with E-state index in [2.05, 4.69) is 15.4 Å². The summed E-state index contributed by atoms with van der Waals surface area (Å²) < 4.78 is 28.6. The van der Waals surface area contributed by atoms with Gasteiger partial charge in [0.2, 0.25) is 0 Å². The second-order valence-electron chi connectivity index (χ2n) is 5.76. The van der Waals surface area contributed by atoms with Gasteiger partial charge < -0.3 is 20.5 Å². The van der Waals surface area contributed by atoms with Crippen LogP contribution in [0.25, 0.3) is 10.4 Å². The van der Waals surface area contributed by atoms with E-state index in [1.165, 1.54) is 23.5 Å². The Labute approximate surface area is 147 Å². The number of hydrogen-bond acceptors (Lipinski definition) is 5. The zero-order chi connectivity index (χ0) is 17.8. The van der Waals surface area contributed by atoms with Gasteiger partial charge in [-0.05, 0) is 42.0 Å². The Bertz CT molecular complexity index is 721. The molecule has 3 N–H and O–H groups in total. The Hall–Kier alpha value is -2.03. The largest absolute Gasteiger partial charge is 0.435 e. The van der Waals surface area contributed by atoms with Crippen molar-refractivity contribution in [1.29, 1.82) is 0 Å². The molecule has 25 heavy (non-hydrogen) atoms. The lowest BCUT2D eigenvalue weighted by atomic mass is 10.1. The first-order valence-electron chi connectivity index (χ1n) is 7.85. The van der Waals surface area contributed by atoms with Gasteiger partial charge in [0.05, 0.1) is 11.0 Å². The molecule has 8 heteroatoms. The fourth-order valence-corrected chi connectivity index (χ4v) is 3.58. The summed E-state index contributed by atoms with van der Waals surface area (Å²) in [5.74, 6) is -0.0734. The summed E-state index contributed by atoms with van der Waals surface area (Å²) in [6.07, 6.45) is -0.437. The van der Waals surface area contributed by atoms with Crippen LogP contribution in [0.2, 0.25) is 0 Å². The van der Waals surface area contributed by atoms with Gasteiger partial charge in [-0.15, -0.1) is 11.3 Å². The summed E-state index contributed by atoms with van der Waals surface area (Å²) in [6, 6.07) is 9.82. The molecule has 2 unspecified atom stereocenters. The predicted octanol–water partition coefficient (Wildman–Crippen LogP) is 2.33. The highest BCUT2D eigenvalue weighted by atomic mass is 32.1. The van der Waals surface area contributed by atoms with Crippen molar-refractivity contribution in [2.45, 2.75) is 12.7 Å². The molecule has 1 saturated heterocycles. The number of carbonyl (C=O) groups excluding carboxylic acids is 1. The van der Waals surface area contributed by atoms with E-state index in [-0.39, 0.29) is 17.6 Å². The number of alkyl halides is 2. The molecule has 1 aliphatic rings. The molecule has 0 aliphatic carbocycles. The SMILES string of the molecule is O=C(NCC1CNCC1O)c1ccc(-c2ccc(OC(F)F)cc2)s1. The first-order chi connectivity index (χ1) is 12.0. The highest BCUT2D eigenvalue weighted by Crippen LogP contribution is 2.29. The molecule has 2 aromatic rings. The molecule has 1 amide bonds. The van der Waals surface area contributed by atoms with Gasteiger partial charge in [-0.1, -0.05) is 0 Å². The lowest BCUT2D eigenvalue weighted by Crippen LogP contribution is -2.33. The quantitative estimate of drug-likeness (QED) is 0.732. The topological polar surface area (TPSA) is 70.6 Å². The van der Waals surface area contributed by atoms with E-state index in [4.69, 9.17) is 0 Å². The highest BCUT2D eigenvalue weighted by molar-refractivity contribution is 7.17. The molecule has 0 spiro atoms. The Morgan fingerprint density at radius 1 is 1.28 bits per heavy atom. The Morgan fingerprint density at radius 3 is 2.68 bits per heavy atom. The van der Waals surface area contributed by atoms with Crippen LogP contribution < -0.4 is 15.4 Å². The van der Waals surface area contributed by atoms with E-state index >= 15 is 0 Å². The van der Waals surface area contributed by atoms with Gasteiger partial charge in [0, 0.05) is 30.4 Å². The van der Waals surface area contributed by atoms with Crippen LogP contribution in [0.15, 0.2) is 36.4 Å². The van der Waals surface area contributed by atoms with E-state index in [1.807, 2.05) is 6.07 Å². The Kier molecular flexibility index (Phi) is 5.62. The molecular formula is C17H18F2N2O3S. The minimum atomic E-state index is -2.85. The molecule has 2 heterocycles. The zero-order valence-electron chi connectivity index (χ0n) is 13.2. The third-order valence-electron chi connectivity index (χ3n) is 4.02. The van der Waals surface area contributed by atoms with E-state index in [0.717, 1.165) is 10.4 Å². The summed E-state index contributed by atoms with van der Waals surface area (Å²) >= 11 is 1.32. The van der Waals surface area contributed by atoms with E-state index < -0.39 is 12.7 Å². The number of halogens is 2. The third kappa shape index (κ3) is 4.53. The standard InChI is InChI=1S/C17H18F2N2O3S/c18-17(19)24-12-3-1-10(2-4-12)14-5-6-15(25-14)16(23)21-8-11-7-20-9-13(11)22/h1-6,11,13,17,20,22H,7-9H2,(H,21,23). The minimum absolute atomic E-state index is 0.0192. The van der Waals surface area contributed by atoms with Crippen LogP contribution in [0.1, 0.15) is 9.67 Å². The van der Waals surface area contributed by atoms with Crippen molar-refractivity contribution >= 4 is 17.2 Å². The van der Waals surface area contributed by atoms with Gasteiger partial charge in [0.15, 0.2) is 0 Å². The summed E-state index contributed by atoms with van der Waals surface area (Å²) in [6.45, 7) is -1.20. The second kappa shape index (κ2) is 7.90. The van der Waals surface area contributed by atoms with Crippen LogP contribution in [-0.2, 0) is 0 Å². The lowest BCUT2D eigenvalue weighted by molar-refractivity contribution is -0.0498. The second-order valence-corrected chi connectivity index (χ2v) is 6.85. The Morgan fingerprint density at radius 2 is 2.04 bits per heavy atom. The number of carbonyl (C=O) groups is 1. The molecule has 0 radical (unpaired) electrons. The third-order valence-corrected chi connectivity index (χ3v) is 5.16. The highest BCUT2D eigenvalue weighted by Gasteiger charge is 2.25. The van der Waals surface area contributed by atoms with Crippen LogP contribution >= 0.6 is 11.3 Å². The number of nitrogens with one attached hydrogen (secondary N) is 2. The van der Waals surface area contributed by atoms with E-state index in [1.54, 1.807) is 18.2 Å². The molecule has 2 atom stereocenters. The summed E-state index contributed by atoms with van der Waals surface area (Å²) in [5.41, 5.74) is 0.820. The molecule has 0 saturated carbocycles. The van der Waals surface area contributed by atoms with Gasteiger partial charge in [0.25, 0.3) is 5.91 Å². The van der Waals surface area contributed by atoms with Gasteiger partial charge in [0.1, 0.15) is 5.75 Å². The van der Waals surface area contributed by atoms with Crippen molar-refractivity contribution in [3.63, 3.8) is 0 Å². The van der Waals surface area contributed by atoms with Gasteiger partial charge in [-0.25, -0.2) is 0 Å². The number of β-amino-alcohol motifs (C(OH)–C–C–N with tert-alkyl or cyclic N) is 1. The summed E-state index contributed by atoms with van der Waals surface area (Å²) in [7, 11) is 0. The first kappa shape index (κ1) is 17.8. The van der Waals surface area contributed by atoms with Crippen LogP contribution in [0, 0.1) is 5.92 Å². The number of thiophene rings is 1. The minimum Gasteiger partial charge on any atom is -0.435 e. The molecule has 5 nitrogen and oxygen atoms in total. The average Bonchev–Trinajstić information content (AvgIpc) is 3.22. The molecule has 1 aliphatic heterocycles. The van der Waals surface area contributed by atoms with E-state index in [0.29, 0.717) is 24.5 Å². The number of amides is 1. The first-order valence-corrected chi connectivity index (χ1v) is 8.66. The molecule has 1 aromatic heterocycles. The number of aliphatic hydroxyl groups is 1. The van der Waals surface area contributed by atoms with Gasteiger partial charge >= 0.3 is 6.61 Å². The van der Waals surface area contributed by atoms with Crippen molar-refractivity contribution in [3.8, 4) is 16.2 Å². The predicted molar refractivity (Wildman–Crippen MR) is 91.1 cm³/mol. The molecule has 1 aromatic carbocycles. The molecular weight excluding hydrogens is 350 g/mol. The van der Waals surface area contributed by atoms with Crippen molar-refractivity contribution < 1.29 is 23.4 Å². The Balaban J connectivity index is 1.60. The molecule has 134 valence electrons. The van der Waals surface area contributed by atoms with E-state index in [9.17, 15) is 18.7 Å². The number of ether oxygens (including phenoxy) is 1. The number of rotatable bonds is 6. The monoisotopic (exact) mass is 368 g/mol. The van der Waals surface area contributed by atoms with Crippen LogP contribution in [0.3, 0.4) is 0 Å². The lowest BCUT2D eigenvalue weighted by Gasteiger charge is -2.13. The van der Waals surface area contributed by atoms with Crippen molar-refractivity contribution in [1.82, 2.24) is 10.6 Å².